The highest BCUT2D eigenvalue weighted by Gasteiger charge is 2.19. The molecule has 4 aromatic rings. The molecule has 0 saturated carbocycles. The molecule has 8 heteroatoms. The third-order valence-corrected chi connectivity index (χ3v) is 6.20. The number of nitrogens with one attached hydrogen (secondary N) is 1. The molecule has 0 saturated heterocycles. The molecule has 33 heavy (non-hydrogen) atoms. The third kappa shape index (κ3) is 5.64. The maximum atomic E-state index is 12.5. The van der Waals surface area contributed by atoms with Crippen molar-refractivity contribution in [1.29, 1.82) is 0 Å². The molecule has 0 aliphatic rings. The second kappa shape index (κ2) is 10.9. The summed E-state index contributed by atoms with van der Waals surface area (Å²) >= 11 is 1.37. The van der Waals surface area contributed by atoms with Gasteiger partial charge in [-0.2, -0.15) is 0 Å². The number of aromatic nitrogens is 3. The van der Waals surface area contributed by atoms with E-state index in [2.05, 4.69) is 39.6 Å². The predicted molar refractivity (Wildman–Crippen MR) is 132 cm³/mol. The van der Waals surface area contributed by atoms with E-state index >= 15 is 0 Å². The Bertz CT molecular complexity index is 1170. The van der Waals surface area contributed by atoms with Crippen LogP contribution >= 0.6 is 11.8 Å². The lowest BCUT2D eigenvalue weighted by molar-refractivity contribution is -0.118. The number of rotatable bonds is 10. The predicted octanol–water partition coefficient (Wildman–Crippen LogP) is 4.57. The number of amides is 1. The van der Waals surface area contributed by atoms with Crippen molar-refractivity contribution in [3.05, 3.63) is 78.8 Å². The Labute approximate surface area is 197 Å². The summed E-state index contributed by atoms with van der Waals surface area (Å²) in [6, 6.07) is 22.0. The molecule has 2 aromatic heterocycles. The van der Waals surface area contributed by atoms with Crippen molar-refractivity contribution in [3.63, 3.8) is 0 Å². The maximum absolute atomic E-state index is 12.5. The van der Waals surface area contributed by atoms with Gasteiger partial charge in [-0.1, -0.05) is 48.2 Å². The monoisotopic (exact) mass is 461 g/mol. The van der Waals surface area contributed by atoms with Gasteiger partial charge in [-0.05, 0) is 43.7 Å². The summed E-state index contributed by atoms with van der Waals surface area (Å²) < 4.78 is 7.42. The first kappa shape index (κ1) is 22.7. The van der Waals surface area contributed by atoms with Crippen molar-refractivity contribution in [2.45, 2.75) is 18.5 Å². The van der Waals surface area contributed by atoms with Gasteiger partial charge in [-0.15, -0.1) is 10.2 Å². The second-order valence-electron chi connectivity index (χ2n) is 7.62. The number of benzene rings is 2. The SMILES string of the molecule is Cc1occc1-c1nnc(SCC(=O)NCCCN(C)c2ccccc2)n1-c1ccccc1. The van der Waals surface area contributed by atoms with Crippen LogP contribution in [0.1, 0.15) is 12.2 Å². The molecular formula is C25H27N5O2S. The normalized spacial score (nSPS) is 10.8. The van der Waals surface area contributed by atoms with Crippen LogP contribution in [-0.2, 0) is 4.79 Å². The maximum Gasteiger partial charge on any atom is 0.230 e. The molecule has 2 aromatic carbocycles. The molecule has 0 aliphatic heterocycles. The van der Waals surface area contributed by atoms with Crippen LogP contribution in [0.2, 0.25) is 0 Å². The highest BCUT2D eigenvalue weighted by atomic mass is 32.2. The van der Waals surface area contributed by atoms with E-state index in [1.54, 1.807) is 6.26 Å². The van der Waals surface area contributed by atoms with E-state index in [0.29, 0.717) is 17.5 Å². The van der Waals surface area contributed by atoms with E-state index in [1.807, 2.05) is 66.1 Å². The Morgan fingerprint density at radius 3 is 2.48 bits per heavy atom. The zero-order valence-electron chi connectivity index (χ0n) is 18.8. The van der Waals surface area contributed by atoms with Gasteiger partial charge in [0.05, 0.1) is 17.6 Å². The number of furan rings is 1. The van der Waals surface area contributed by atoms with Crippen LogP contribution in [0.25, 0.3) is 17.1 Å². The topological polar surface area (TPSA) is 76.2 Å². The van der Waals surface area contributed by atoms with Gasteiger partial charge >= 0.3 is 0 Å². The fourth-order valence-electron chi connectivity index (χ4n) is 3.50. The van der Waals surface area contributed by atoms with Crippen molar-refractivity contribution in [3.8, 4) is 17.1 Å². The van der Waals surface area contributed by atoms with E-state index in [9.17, 15) is 4.79 Å². The standard InChI is InChI=1S/C25H27N5O2S/c1-19-22(14-17-32-19)24-27-28-25(30(24)21-12-7-4-8-13-21)33-18-23(31)26-15-9-16-29(2)20-10-5-3-6-11-20/h3-8,10-14,17H,9,15-16,18H2,1-2H3,(H,26,31). The minimum Gasteiger partial charge on any atom is -0.469 e. The molecule has 1 amide bonds. The highest BCUT2D eigenvalue weighted by molar-refractivity contribution is 7.99. The van der Waals surface area contributed by atoms with Gasteiger partial charge in [-0.25, -0.2) is 0 Å². The van der Waals surface area contributed by atoms with Gasteiger partial charge in [0.15, 0.2) is 11.0 Å². The Hall–Kier alpha value is -3.52. The Morgan fingerprint density at radius 1 is 1.06 bits per heavy atom. The Morgan fingerprint density at radius 2 is 1.79 bits per heavy atom. The number of hydrogen-bond acceptors (Lipinski definition) is 6. The highest BCUT2D eigenvalue weighted by Crippen LogP contribution is 2.30. The number of hydrogen-bond donors (Lipinski definition) is 1. The van der Waals surface area contributed by atoms with Crippen LogP contribution in [0.15, 0.2) is 82.6 Å². The lowest BCUT2D eigenvalue weighted by Gasteiger charge is -2.19. The fraction of sp³-hybridized carbons (Fsp3) is 0.240. The number of carbonyl (C=O) groups is 1. The van der Waals surface area contributed by atoms with Gasteiger partial charge in [-0.3, -0.25) is 9.36 Å². The van der Waals surface area contributed by atoms with E-state index < -0.39 is 0 Å². The molecule has 1 N–H and O–H groups in total. The first-order chi connectivity index (χ1) is 16.1. The van der Waals surface area contributed by atoms with Gasteiger partial charge in [0.25, 0.3) is 0 Å². The average molecular weight is 462 g/mol. The van der Waals surface area contributed by atoms with Crippen LogP contribution in [0.5, 0.6) is 0 Å². The zero-order valence-corrected chi connectivity index (χ0v) is 19.6. The van der Waals surface area contributed by atoms with Crippen molar-refractivity contribution >= 4 is 23.4 Å². The second-order valence-corrected chi connectivity index (χ2v) is 8.56. The molecule has 170 valence electrons. The summed E-state index contributed by atoms with van der Waals surface area (Å²) in [7, 11) is 2.06. The molecule has 0 spiro atoms. The third-order valence-electron chi connectivity index (χ3n) is 5.27. The summed E-state index contributed by atoms with van der Waals surface area (Å²) in [6.45, 7) is 3.39. The van der Waals surface area contributed by atoms with E-state index in [0.717, 1.165) is 30.0 Å². The number of anilines is 1. The molecule has 0 atom stereocenters. The van der Waals surface area contributed by atoms with Gasteiger partial charge in [0.2, 0.25) is 5.91 Å². The van der Waals surface area contributed by atoms with E-state index in [1.165, 1.54) is 17.4 Å². The summed E-state index contributed by atoms with van der Waals surface area (Å²) in [5, 5.41) is 12.4. The van der Waals surface area contributed by atoms with Crippen molar-refractivity contribution < 1.29 is 9.21 Å². The Balaban J connectivity index is 1.35. The number of aryl methyl sites for hydroxylation is 1. The molecule has 0 fully saturated rings. The molecule has 2 heterocycles. The summed E-state index contributed by atoms with van der Waals surface area (Å²) in [4.78, 5) is 14.6. The van der Waals surface area contributed by atoms with Gasteiger partial charge in [0, 0.05) is 31.5 Å². The van der Waals surface area contributed by atoms with Crippen molar-refractivity contribution in [2.75, 3.05) is 30.8 Å². The largest absolute Gasteiger partial charge is 0.469 e. The van der Waals surface area contributed by atoms with Gasteiger partial charge in [0.1, 0.15) is 5.76 Å². The number of carbonyl (C=O) groups excluding carboxylic acids is 1. The van der Waals surface area contributed by atoms with Crippen molar-refractivity contribution in [2.24, 2.45) is 0 Å². The first-order valence-electron chi connectivity index (χ1n) is 10.8. The minimum absolute atomic E-state index is 0.0222. The number of nitrogens with zero attached hydrogens (tertiary/aromatic N) is 4. The molecule has 4 rings (SSSR count). The van der Waals surface area contributed by atoms with Crippen LogP contribution in [0.3, 0.4) is 0 Å². The van der Waals surface area contributed by atoms with Crippen LogP contribution in [0, 0.1) is 6.92 Å². The smallest absolute Gasteiger partial charge is 0.230 e. The van der Waals surface area contributed by atoms with E-state index in [-0.39, 0.29) is 11.7 Å². The summed E-state index contributed by atoms with van der Waals surface area (Å²) in [5.41, 5.74) is 2.98. The van der Waals surface area contributed by atoms with Crippen LogP contribution in [0.4, 0.5) is 5.69 Å². The minimum atomic E-state index is -0.0222. The van der Waals surface area contributed by atoms with Crippen molar-refractivity contribution in [1.82, 2.24) is 20.1 Å². The van der Waals surface area contributed by atoms with Gasteiger partial charge < -0.3 is 14.6 Å². The fourth-order valence-corrected chi connectivity index (χ4v) is 4.28. The molecule has 0 bridgehead atoms. The summed E-state index contributed by atoms with van der Waals surface area (Å²) in [5.74, 6) is 1.71. The van der Waals surface area contributed by atoms with Crippen LogP contribution in [-0.4, -0.2) is 46.6 Å². The number of thioether (sulfide) groups is 1. The quantitative estimate of drug-likeness (QED) is 0.275. The zero-order chi connectivity index (χ0) is 23.0. The lowest BCUT2D eigenvalue weighted by atomic mass is 10.2. The Kier molecular flexibility index (Phi) is 7.47. The molecule has 7 nitrogen and oxygen atoms in total. The first-order valence-corrected chi connectivity index (χ1v) is 11.8. The summed E-state index contributed by atoms with van der Waals surface area (Å²) in [6.07, 6.45) is 2.51. The lowest BCUT2D eigenvalue weighted by Crippen LogP contribution is -2.29. The average Bonchev–Trinajstić information content (AvgIpc) is 3.47. The number of para-hydroxylation sites is 2. The van der Waals surface area contributed by atoms with E-state index in [4.69, 9.17) is 4.42 Å². The van der Waals surface area contributed by atoms with Crippen LogP contribution < -0.4 is 10.2 Å². The molecule has 0 unspecified atom stereocenters. The molecule has 0 radical (unpaired) electrons. The molecule has 0 aliphatic carbocycles. The molecular weight excluding hydrogens is 434 g/mol.